The second-order valence-corrected chi connectivity index (χ2v) is 10.1. The molecule has 0 aliphatic carbocycles. The third-order valence-electron chi connectivity index (χ3n) is 6.39. The molecule has 5 nitrogen and oxygen atoms in total. The van der Waals surface area contributed by atoms with Gasteiger partial charge in [-0.3, -0.25) is 9.79 Å². The molecule has 2 aliphatic heterocycles. The Balaban J connectivity index is 0.00000289. The Morgan fingerprint density at radius 1 is 1.25 bits per heavy atom. The van der Waals surface area contributed by atoms with E-state index in [2.05, 4.69) is 72.8 Å². The first-order valence-electron chi connectivity index (χ1n) is 11.5. The van der Waals surface area contributed by atoms with Crippen LogP contribution in [0.25, 0.3) is 0 Å². The van der Waals surface area contributed by atoms with Gasteiger partial charge in [0.05, 0.1) is 6.54 Å². The predicted octanol–water partition coefficient (Wildman–Crippen LogP) is 5.23. The van der Waals surface area contributed by atoms with Gasteiger partial charge in [-0.2, -0.15) is 0 Å². The number of para-hydroxylation sites is 1. The van der Waals surface area contributed by atoms with Gasteiger partial charge in [-0.15, -0.1) is 35.3 Å². The van der Waals surface area contributed by atoms with Crippen molar-refractivity contribution in [1.29, 1.82) is 0 Å². The fourth-order valence-corrected chi connectivity index (χ4v) is 5.45. The van der Waals surface area contributed by atoms with Crippen molar-refractivity contribution in [3.63, 3.8) is 0 Å². The Bertz CT molecular complexity index is 928. The molecule has 0 spiro atoms. The van der Waals surface area contributed by atoms with E-state index >= 15 is 0 Å². The van der Waals surface area contributed by atoms with Crippen molar-refractivity contribution < 1.29 is 4.79 Å². The number of aliphatic imine (C=N–C) groups is 1. The zero-order valence-electron chi connectivity index (χ0n) is 19.3. The fourth-order valence-electron chi connectivity index (χ4n) is 4.60. The first-order valence-corrected chi connectivity index (χ1v) is 12.3. The van der Waals surface area contributed by atoms with Gasteiger partial charge in [0, 0.05) is 54.5 Å². The normalized spacial score (nSPS) is 18.7. The van der Waals surface area contributed by atoms with Crippen LogP contribution in [0, 0.1) is 0 Å². The molecule has 1 N–H and O–H groups in total. The third kappa shape index (κ3) is 5.47. The molecule has 174 valence electrons. The van der Waals surface area contributed by atoms with Gasteiger partial charge in [0.15, 0.2) is 5.96 Å². The highest BCUT2D eigenvalue weighted by molar-refractivity contribution is 14.0. The number of hydrogen-bond donors (Lipinski definition) is 1. The number of hydrogen-bond acceptors (Lipinski definition) is 3. The highest BCUT2D eigenvalue weighted by Gasteiger charge is 2.32. The molecule has 0 radical (unpaired) electrons. The number of rotatable bonds is 7. The SMILES string of the molecule is CCNC(=NCC(C)(C)c1cccs1)N1CC(CCN2CCCC2=O)c2ccccc21.I. The number of anilines is 1. The standard InChI is InChI=1S/C25H34N4OS.HI/c1-4-26-24(27-18-25(2,3)22-11-8-16-31-22)29-17-19(20-9-5-6-10-21(20)29)13-15-28-14-7-12-23(28)30;/h5-6,8-11,16,19H,4,7,12-15,17-18H2,1-3H3,(H,26,27);1H. The zero-order valence-corrected chi connectivity index (χ0v) is 22.5. The first kappa shape index (κ1) is 25.0. The van der Waals surface area contributed by atoms with Crippen molar-refractivity contribution in [2.24, 2.45) is 4.99 Å². The topological polar surface area (TPSA) is 47.9 Å². The largest absolute Gasteiger partial charge is 0.356 e. The summed E-state index contributed by atoms with van der Waals surface area (Å²) in [4.78, 5) is 22.9. The summed E-state index contributed by atoms with van der Waals surface area (Å²) in [6.45, 7) is 10.9. The van der Waals surface area contributed by atoms with E-state index in [4.69, 9.17) is 4.99 Å². The lowest BCUT2D eigenvalue weighted by molar-refractivity contribution is -0.127. The van der Waals surface area contributed by atoms with Crippen LogP contribution in [0.1, 0.15) is 56.4 Å². The molecule has 1 fully saturated rings. The number of nitrogens with one attached hydrogen (secondary N) is 1. The monoisotopic (exact) mass is 566 g/mol. The van der Waals surface area contributed by atoms with Crippen LogP contribution >= 0.6 is 35.3 Å². The van der Waals surface area contributed by atoms with Gasteiger partial charge < -0.3 is 15.1 Å². The van der Waals surface area contributed by atoms with Crippen molar-refractivity contribution in [3.8, 4) is 0 Å². The van der Waals surface area contributed by atoms with Crippen LogP contribution in [0.15, 0.2) is 46.8 Å². The van der Waals surface area contributed by atoms with Crippen LogP contribution in [-0.4, -0.2) is 49.5 Å². The van der Waals surface area contributed by atoms with Gasteiger partial charge in [-0.05, 0) is 42.8 Å². The van der Waals surface area contributed by atoms with Crippen molar-refractivity contribution >= 4 is 52.9 Å². The molecule has 7 heteroatoms. The molecule has 0 bridgehead atoms. The number of amides is 1. The Morgan fingerprint density at radius 3 is 2.75 bits per heavy atom. The van der Waals surface area contributed by atoms with Crippen LogP contribution in [0.4, 0.5) is 5.69 Å². The van der Waals surface area contributed by atoms with Gasteiger partial charge in [-0.1, -0.05) is 38.1 Å². The second-order valence-electron chi connectivity index (χ2n) is 9.17. The molecule has 1 aromatic carbocycles. The number of benzene rings is 1. The lowest BCUT2D eigenvalue weighted by atomic mass is 9.92. The van der Waals surface area contributed by atoms with E-state index < -0.39 is 0 Å². The van der Waals surface area contributed by atoms with E-state index in [9.17, 15) is 4.79 Å². The maximum absolute atomic E-state index is 12.0. The van der Waals surface area contributed by atoms with Gasteiger partial charge in [0.2, 0.25) is 5.91 Å². The Kier molecular flexibility index (Phi) is 8.61. The second kappa shape index (κ2) is 11.0. The fraction of sp³-hybridized carbons (Fsp3) is 0.520. The maximum atomic E-state index is 12.0. The van der Waals surface area contributed by atoms with E-state index in [0.717, 1.165) is 51.5 Å². The zero-order chi connectivity index (χ0) is 21.8. The van der Waals surface area contributed by atoms with Crippen LogP contribution in [0.2, 0.25) is 0 Å². The molecule has 32 heavy (non-hydrogen) atoms. The summed E-state index contributed by atoms with van der Waals surface area (Å²) in [5.41, 5.74) is 2.62. The quantitative estimate of drug-likeness (QED) is 0.284. The van der Waals surface area contributed by atoms with Gasteiger partial charge in [-0.25, -0.2) is 0 Å². The number of guanidine groups is 1. The molecule has 1 atom stereocenters. The molecule has 4 rings (SSSR count). The minimum absolute atomic E-state index is 0. The number of thiophene rings is 1. The average molecular weight is 567 g/mol. The number of halogens is 1. The lowest BCUT2D eigenvalue weighted by Crippen LogP contribution is -2.42. The maximum Gasteiger partial charge on any atom is 0.222 e. The van der Waals surface area contributed by atoms with Gasteiger partial charge >= 0.3 is 0 Å². The van der Waals surface area contributed by atoms with Crippen LogP contribution in [-0.2, 0) is 10.2 Å². The van der Waals surface area contributed by atoms with Crippen molar-refractivity contribution in [2.75, 3.05) is 37.6 Å². The molecule has 3 heterocycles. The predicted molar refractivity (Wildman–Crippen MR) is 146 cm³/mol. The minimum Gasteiger partial charge on any atom is -0.356 e. The summed E-state index contributed by atoms with van der Waals surface area (Å²) in [5, 5.41) is 5.66. The molecule has 2 aromatic rings. The number of likely N-dealkylation sites (tertiary alicyclic amines) is 1. The summed E-state index contributed by atoms with van der Waals surface area (Å²) in [5.74, 6) is 1.69. The molecular formula is C25H35IN4OS. The molecule has 1 saturated heterocycles. The van der Waals surface area contributed by atoms with Crippen LogP contribution in [0.3, 0.4) is 0 Å². The molecule has 1 aromatic heterocycles. The number of carbonyl (C=O) groups is 1. The first-order chi connectivity index (χ1) is 15.0. The van der Waals surface area contributed by atoms with E-state index in [0.29, 0.717) is 18.2 Å². The highest BCUT2D eigenvalue weighted by atomic mass is 127. The smallest absolute Gasteiger partial charge is 0.222 e. The number of fused-ring (bicyclic) bond motifs is 1. The van der Waals surface area contributed by atoms with E-state index in [1.54, 1.807) is 11.3 Å². The minimum atomic E-state index is 0. The summed E-state index contributed by atoms with van der Waals surface area (Å²) in [7, 11) is 0. The highest BCUT2D eigenvalue weighted by Crippen LogP contribution is 2.38. The van der Waals surface area contributed by atoms with E-state index in [1.807, 2.05) is 4.90 Å². The average Bonchev–Trinajstić information content (AvgIpc) is 3.50. The number of nitrogens with zero attached hydrogens (tertiary/aromatic N) is 3. The Hall–Kier alpha value is -1.61. The molecule has 2 aliphatic rings. The Labute approximate surface area is 213 Å². The van der Waals surface area contributed by atoms with E-state index in [1.165, 1.54) is 16.1 Å². The molecular weight excluding hydrogens is 531 g/mol. The van der Waals surface area contributed by atoms with Crippen molar-refractivity contribution in [2.45, 2.75) is 51.4 Å². The summed E-state index contributed by atoms with van der Waals surface area (Å²) < 4.78 is 0. The molecule has 1 amide bonds. The molecule has 0 saturated carbocycles. The van der Waals surface area contributed by atoms with Crippen LogP contribution < -0.4 is 10.2 Å². The van der Waals surface area contributed by atoms with Gasteiger partial charge in [0.25, 0.3) is 0 Å². The van der Waals surface area contributed by atoms with Gasteiger partial charge in [0.1, 0.15) is 0 Å². The third-order valence-corrected chi connectivity index (χ3v) is 7.63. The summed E-state index contributed by atoms with van der Waals surface area (Å²) >= 11 is 1.80. The lowest BCUT2D eigenvalue weighted by Gasteiger charge is -2.26. The van der Waals surface area contributed by atoms with Crippen molar-refractivity contribution in [3.05, 3.63) is 52.2 Å². The summed E-state index contributed by atoms with van der Waals surface area (Å²) in [6.07, 6.45) is 2.72. The Morgan fingerprint density at radius 2 is 2.06 bits per heavy atom. The molecule has 1 unspecified atom stereocenters. The van der Waals surface area contributed by atoms with E-state index in [-0.39, 0.29) is 29.4 Å². The summed E-state index contributed by atoms with van der Waals surface area (Å²) in [6, 6.07) is 13.0. The van der Waals surface area contributed by atoms with Crippen LogP contribution in [0.5, 0.6) is 0 Å². The number of carbonyl (C=O) groups excluding carboxylic acids is 1. The van der Waals surface area contributed by atoms with Crippen molar-refractivity contribution in [1.82, 2.24) is 10.2 Å².